The second-order valence-corrected chi connectivity index (χ2v) is 29.3. The molecular weight excluding hydrogens is 824 g/mol. The average Bonchev–Trinajstić information content (AvgIpc) is 3.67. The molecule has 0 spiro atoms. The lowest BCUT2D eigenvalue weighted by Gasteiger charge is -2.48. The van der Waals surface area contributed by atoms with Crippen LogP contribution >= 0.6 is 0 Å². The van der Waals surface area contributed by atoms with Crippen molar-refractivity contribution in [3.63, 3.8) is 0 Å². The van der Waals surface area contributed by atoms with Crippen LogP contribution in [-0.2, 0) is 48.7 Å². The standard InChI is InChI=1S/C64H83BN2O/c1-56(2,3)38-32-49-52-50(33-38)67(40-21-23-42-44(35-40)60(10,11)27-25-58(42,6)7)53-51-54(64(18,19)31-30-63(51,16)17)68-55(53)65(52)47-36-45-46(62(14,15)29-28-61(45,12)13)37-48(47)66(49)39-20-22-41-43(34-39)59(8,9)26-24-57(41,4)5/h20-23,32-37H,24-31H2,1-19H3. The summed E-state index contributed by atoms with van der Waals surface area (Å²) in [5, 5.41) is 0. The Morgan fingerprint density at radius 1 is 0.426 bits per heavy atom. The van der Waals surface area contributed by atoms with Gasteiger partial charge in [0.1, 0.15) is 5.76 Å². The van der Waals surface area contributed by atoms with E-state index in [1.165, 1.54) is 134 Å². The molecule has 1 aromatic heterocycles. The lowest BCUT2D eigenvalue weighted by atomic mass is 9.35. The summed E-state index contributed by atoms with van der Waals surface area (Å²) in [6.45, 7) is 46.8. The first-order valence-electron chi connectivity index (χ1n) is 26.7. The summed E-state index contributed by atoms with van der Waals surface area (Å²) in [5.74, 6) is 1.19. The highest BCUT2D eigenvalue weighted by Gasteiger charge is 2.54. The second kappa shape index (κ2) is 13.8. The summed E-state index contributed by atoms with van der Waals surface area (Å²) in [6, 6.07) is 25.8. The fourth-order valence-electron chi connectivity index (χ4n) is 14.2. The van der Waals surface area contributed by atoms with Crippen LogP contribution in [0.2, 0.25) is 0 Å². The van der Waals surface area contributed by atoms with Gasteiger partial charge in [0.15, 0.2) is 0 Å². The van der Waals surface area contributed by atoms with Gasteiger partial charge in [-0.05, 0) is 187 Å². The van der Waals surface area contributed by atoms with Crippen LogP contribution < -0.4 is 26.4 Å². The third kappa shape index (κ3) is 6.48. The van der Waals surface area contributed by atoms with Crippen LogP contribution in [0.1, 0.15) is 233 Å². The van der Waals surface area contributed by atoms with E-state index in [1.54, 1.807) is 0 Å². The zero-order valence-corrected chi connectivity index (χ0v) is 45.8. The molecule has 4 heteroatoms. The van der Waals surface area contributed by atoms with Crippen molar-refractivity contribution < 1.29 is 4.42 Å². The molecule has 0 atom stereocenters. The summed E-state index contributed by atoms with van der Waals surface area (Å²) in [4.78, 5) is 5.46. The van der Waals surface area contributed by atoms with Gasteiger partial charge in [-0.25, -0.2) is 0 Å². The number of rotatable bonds is 2. The highest BCUT2D eigenvalue weighted by Crippen LogP contribution is 2.58. The summed E-state index contributed by atoms with van der Waals surface area (Å²) >= 11 is 0. The number of nitrogens with zero attached hydrogens (tertiary/aromatic N) is 2. The second-order valence-electron chi connectivity index (χ2n) is 29.3. The fourth-order valence-corrected chi connectivity index (χ4v) is 14.2. The highest BCUT2D eigenvalue weighted by molar-refractivity contribution is 6.99. The summed E-state index contributed by atoms with van der Waals surface area (Å²) < 4.78 is 7.86. The van der Waals surface area contributed by atoms with E-state index in [0.29, 0.717) is 0 Å². The van der Waals surface area contributed by atoms with Crippen molar-refractivity contribution in [3.8, 4) is 0 Å². The molecule has 2 aliphatic heterocycles. The van der Waals surface area contributed by atoms with Gasteiger partial charge in [-0.15, -0.1) is 0 Å². The lowest BCUT2D eigenvalue weighted by Crippen LogP contribution is -2.61. The van der Waals surface area contributed by atoms with Crippen LogP contribution in [0.4, 0.5) is 34.1 Å². The minimum absolute atomic E-state index is 0.0466. The molecule has 3 nitrogen and oxygen atoms in total. The third-order valence-electron chi connectivity index (χ3n) is 19.6. The van der Waals surface area contributed by atoms with E-state index < -0.39 is 0 Å². The molecule has 0 N–H and O–H groups in total. The first-order valence-corrected chi connectivity index (χ1v) is 26.7. The molecule has 0 bridgehead atoms. The predicted octanol–water partition coefficient (Wildman–Crippen LogP) is 16.1. The molecular formula is C64H83BN2O. The van der Waals surface area contributed by atoms with Crippen LogP contribution in [0.15, 0.2) is 65.1 Å². The molecule has 0 radical (unpaired) electrons. The van der Waals surface area contributed by atoms with Gasteiger partial charge in [-0.3, -0.25) is 0 Å². The molecule has 6 aliphatic rings. The zero-order valence-electron chi connectivity index (χ0n) is 45.8. The number of furan rings is 1. The number of fused-ring (bicyclic) bond motifs is 9. The van der Waals surface area contributed by atoms with E-state index in [1.807, 2.05) is 0 Å². The van der Waals surface area contributed by atoms with Gasteiger partial charge in [0.25, 0.3) is 6.71 Å². The van der Waals surface area contributed by atoms with E-state index in [4.69, 9.17) is 4.42 Å². The maximum absolute atomic E-state index is 7.86. The minimum atomic E-state index is -0.110. The van der Waals surface area contributed by atoms with Crippen molar-refractivity contribution in [2.24, 2.45) is 0 Å². The molecule has 0 fully saturated rings. The van der Waals surface area contributed by atoms with Crippen molar-refractivity contribution in [2.45, 2.75) is 232 Å². The zero-order chi connectivity index (χ0) is 49.1. The number of hydrogen-bond donors (Lipinski definition) is 0. The van der Waals surface area contributed by atoms with Crippen molar-refractivity contribution in [2.75, 3.05) is 9.80 Å². The maximum Gasteiger partial charge on any atom is 0.297 e. The largest absolute Gasteiger partial charge is 0.472 e. The molecule has 358 valence electrons. The molecule has 3 heterocycles. The van der Waals surface area contributed by atoms with Crippen molar-refractivity contribution in [1.29, 1.82) is 0 Å². The van der Waals surface area contributed by atoms with E-state index in [-0.39, 0.29) is 55.4 Å². The Labute approximate surface area is 412 Å². The Morgan fingerprint density at radius 3 is 1.31 bits per heavy atom. The Bertz CT molecular complexity index is 2970. The van der Waals surface area contributed by atoms with Gasteiger partial charge in [-0.2, -0.15) is 0 Å². The smallest absolute Gasteiger partial charge is 0.297 e. The molecule has 4 aliphatic carbocycles. The molecule has 5 aromatic rings. The van der Waals surface area contributed by atoms with Crippen LogP contribution in [0.25, 0.3) is 0 Å². The van der Waals surface area contributed by atoms with Crippen molar-refractivity contribution in [1.82, 2.24) is 0 Å². The van der Waals surface area contributed by atoms with Gasteiger partial charge >= 0.3 is 0 Å². The van der Waals surface area contributed by atoms with E-state index >= 15 is 0 Å². The van der Waals surface area contributed by atoms with Crippen LogP contribution in [0.3, 0.4) is 0 Å². The van der Waals surface area contributed by atoms with E-state index in [2.05, 4.69) is 202 Å². The summed E-state index contributed by atoms with van der Waals surface area (Å²) in [6.07, 6.45) is 9.34. The van der Waals surface area contributed by atoms with Gasteiger partial charge in [0.2, 0.25) is 0 Å². The third-order valence-corrected chi connectivity index (χ3v) is 19.6. The Hall–Kier alpha value is -4.18. The maximum atomic E-state index is 7.86. The topological polar surface area (TPSA) is 19.6 Å². The highest BCUT2D eigenvalue weighted by atomic mass is 16.3. The molecule has 0 saturated carbocycles. The van der Waals surface area contributed by atoms with Crippen LogP contribution in [0.5, 0.6) is 0 Å². The predicted molar refractivity (Wildman–Crippen MR) is 293 cm³/mol. The number of hydrogen-bond acceptors (Lipinski definition) is 3. The van der Waals surface area contributed by atoms with Crippen molar-refractivity contribution >= 4 is 57.4 Å². The van der Waals surface area contributed by atoms with Gasteiger partial charge < -0.3 is 14.2 Å². The molecule has 0 saturated heterocycles. The molecule has 4 aromatic carbocycles. The number of benzene rings is 4. The first-order chi connectivity index (χ1) is 31.3. The first kappa shape index (κ1) is 46.2. The summed E-state index contributed by atoms with van der Waals surface area (Å²) in [7, 11) is 0. The SMILES string of the molecule is CC(C)(C)c1cc2c3c(c1)N(c1ccc4c(c1)C(C)(C)CCC4(C)C)c1c(oc4c1C(C)(C)CCC4(C)C)B3c1cc3c(cc1N2c1ccc2c(c1)C(C)(C)CCC2(C)C)C(C)(C)CCC3(C)C. The lowest BCUT2D eigenvalue weighted by molar-refractivity contribution is 0.282. The molecule has 68 heavy (non-hydrogen) atoms. The minimum Gasteiger partial charge on any atom is -0.472 e. The molecule has 11 rings (SSSR count). The quantitative estimate of drug-likeness (QED) is 0.161. The fraction of sp³-hybridized carbons (Fsp3) is 0.562. The van der Waals surface area contributed by atoms with E-state index in [0.717, 1.165) is 18.5 Å². The molecule has 0 unspecified atom stereocenters. The molecule has 0 amide bonds. The average molecular weight is 907 g/mol. The van der Waals surface area contributed by atoms with Crippen LogP contribution in [-0.4, -0.2) is 6.71 Å². The summed E-state index contributed by atoms with van der Waals surface area (Å²) in [5.41, 5.74) is 23.7. The van der Waals surface area contributed by atoms with E-state index in [9.17, 15) is 0 Å². The Morgan fingerprint density at radius 2 is 0.824 bits per heavy atom. The Kier molecular flexibility index (Phi) is 9.39. The Balaban J connectivity index is 1.31. The van der Waals surface area contributed by atoms with Crippen LogP contribution in [0, 0.1) is 0 Å². The van der Waals surface area contributed by atoms with Gasteiger partial charge in [-0.1, -0.05) is 150 Å². The van der Waals surface area contributed by atoms with Gasteiger partial charge in [0, 0.05) is 39.4 Å². The van der Waals surface area contributed by atoms with Gasteiger partial charge in [0.05, 0.1) is 11.3 Å². The normalized spacial score (nSPS) is 23.3. The van der Waals surface area contributed by atoms with Crippen molar-refractivity contribution in [3.05, 3.63) is 111 Å². The number of anilines is 6. The monoisotopic (exact) mass is 907 g/mol.